The van der Waals surface area contributed by atoms with E-state index in [1.54, 1.807) is 13.8 Å². The molecule has 2 N–H and O–H groups in total. The first kappa shape index (κ1) is 15.4. The van der Waals surface area contributed by atoms with Gasteiger partial charge in [0.2, 0.25) is 5.91 Å². The molecule has 0 radical (unpaired) electrons. The molecular formula is C13H25N3OS. The Morgan fingerprint density at radius 3 is 2.17 bits per heavy atom. The van der Waals surface area contributed by atoms with E-state index >= 15 is 0 Å². The minimum absolute atomic E-state index is 0.0548. The molecule has 1 rings (SSSR count). The van der Waals surface area contributed by atoms with E-state index in [2.05, 4.69) is 18.7 Å². The van der Waals surface area contributed by atoms with E-state index in [4.69, 9.17) is 18.0 Å². The van der Waals surface area contributed by atoms with Crippen LogP contribution in [0.5, 0.6) is 0 Å². The number of carbonyl (C=O) groups excluding carboxylic acids is 1. The molecule has 0 atom stereocenters. The predicted octanol–water partition coefficient (Wildman–Crippen LogP) is 1.10. The lowest BCUT2D eigenvalue weighted by Gasteiger charge is -2.38. The molecule has 0 aromatic heterocycles. The second kappa shape index (κ2) is 5.97. The largest absolute Gasteiger partial charge is 0.392 e. The maximum atomic E-state index is 12.3. The SMILES string of the molecule is CC(C)CN1CCN(C(=O)C(C)(C)C(N)=S)CC1. The fourth-order valence-corrected chi connectivity index (χ4v) is 2.24. The van der Waals surface area contributed by atoms with Crippen LogP contribution in [0.3, 0.4) is 0 Å². The van der Waals surface area contributed by atoms with Crippen LogP contribution in [-0.2, 0) is 4.79 Å². The summed E-state index contributed by atoms with van der Waals surface area (Å²) in [4.78, 5) is 16.9. The molecule has 0 spiro atoms. The van der Waals surface area contributed by atoms with E-state index in [1.807, 2.05) is 4.90 Å². The summed E-state index contributed by atoms with van der Waals surface area (Å²) in [5.41, 5.74) is 4.92. The quantitative estimate of drug-likeness (QED) is 0.778. The summed E-state index contributed by atoms with van der Waals surface area (Å²) in [6.07, 6.45) is 0. The number of piperazine rings is 1. The van der Waals surface area contributed by atoms with Crippen LogP contribution in [-0.4, -0.2) is 53.4 Å². The van der Waals surface area contributed by atoms with Gasteiger partial charge >= 0.3 is 0 Å². The van der Waals surface area contributed by atoms with E-state index in [-0.39, 0.29) is 10.9 Å². The zero-order chi connectivity index (χ0) is 13.9. The van der Waals surface area contributed by atoms with E-state index in [9.17, 15) is 4.79 Å². The van der Waals surface area contributed by atoms with Gasteiger partial charge in [-0.1, -0.05) is 26.1 Å². The molecule has 0 aromatic rings. The first-order valence-corrected chi connectivity index (χ1v) is 6.97. The molecule has 5 heteroatoms. The highest BCUT2D eigenvalue weighted by molar-refractivity contribution is 7.80. The molecule has 4 nitrogen and oxygen atoms in total. The second-order valence-corrected chi connectivity index (χ2v) is 6.42. The van der Waals surface area contributed by atoms with Gasteiger partial charge in [0.25, 0.3) is 0 Å². The van der Waals surface area contributed by atoms with Crippen molar-refractivity contribution in [1.29, 1.82) is 0 Å². The fraction of sp³-hybridized carbons (Fsp3) is 0.846. The van der Waals surface area contributed by atoms with E-state index in [0.29, 0.717) is 5.92 Å². The van der Waals surface area contributed by atoms with Crippen molar-refractivity contribution in [1.82, 2.24) is 9.80 Å². The number of hydrogen-bond donors (Lipinski definition) is 1. The van der Waals surface area contributed by atoms with Crippen molar-refractivity contribution in [3.63, 3.8) is 0 Å². The lowest BCUT2D eigenvalue weighted by molar-refractivity contribution is -0.138. The average Bonchev–Trinajstić information content (AvgIpc) is 2.28. The molecule has 0 saturated carbocycles. The Morgan fingerprint density at radius 1 is 1.28 bits per heavy atom. The molecule has 0 aromatic carbocycles. The number of thiocarbonyl (C=S) groups is 1. The molecule has 1 aliphatic heterocycles. The first-order valence-electron chi connectivity index (χ1n) is 6.56. The Hall–Kier alpha value is -0.680. The Kier molecular flexibility index (Phi) is 5.10. The van der Waals surface area contributed by atoms with Crippen molar-refractivity contribution < 1.29 is 4.79 Å². The number of nitrogens with zero attached hydrogens (tertiary/aromatic N) is 2. The molecule has 0 bridgehead atoms. The third-order valence-electron chi connectivity index (χ3n) is 3.43. The number of rotatable bonds is 4. The zero-order valence-electron chi connectivity index (χ0n) is 11.9. The van der Waals surface area contributed by atoms with Crippen LogP contribution >= 0.6 is 12.2 Å². The summed E-state index contributed by atoms with van der Waals surface area (Å²) in [7, 11) is 0. The van der Waals surface area contributed by atoms with Crippen LogP contribution in [0.4, 0.5) is 0 Å². The van der Waals surface area contributed by atoms with Crippen molar-refractivity contribution in [2.45, 2.75) is 27.7 Å². The number of carbonyl (C=O) groups is 1. The summed E-state index contributed by atoms with van der Waals surface area (Å²) < 4.78 is 0. The summed E-state index contributed by atoms with van der Waals surface area (Å²) in [5.74, 6) is 0.722. The van der Waals surface area contributed by atoms with Crippen molar-refractivity contribution in [3.05, 3.63) is 0 Å². The van der Waals surface area contributed by atoms with Crippen LogP contribution in [0.2, 0.25) is 0 Å². The van der Waals surface area contributed by atoms with Crippen molar-refractivity contribution in [2.75, 3.05) is 32.7 Å². The van der Waals surface area contributed by atoms with Gasteiger partial charge in [-0.3, -0.25) is 9.69 Å². The van der Waals surface area contributed by atoms with Crippen LogP contribution in [0.15, 0.2) is 0 Å². The van der Waals surface area contributed by atoms with E-state index in [0.717, 1.165) is 32.7 Å². The smallest absolute Gasteiger partial charge is 0.235 e. The van der Waals surface area contributed by atoms with Crippen LogP contribution in [0.1, 0.15) is 27.7 Å². The minimum Gasteiger partial charge on any atom is -0.392 e. The third-order valence-corrected chi connectivity index (χ3v) is 3.94. The molecule has 1 aliphatic rings. The number of nitrogens with two attached hydrogens (primary N) is 1. The van der Waals surface area contributed by atoms with Crippen LogP contribution in [0, 0.1) is 11.3 Å². The minimum atomic E-state index is -0.727. The Labute approximate surface area is 115 Å². The highest BCUT2D eigenvalue weighted by atomic mass is 32.1. The van der Waals surface area contributed by atoms with Gasteiger partial charge in [0.15, 0.2) is 0 Å². The normalized spacial score (nSPS) is 18.2. The standard InChI is InChI=1S/C13H25N3OS/c1-10(2)9-15-5-7-16(8-6-15)12(17)13(3,4)11(14)18/h10H,5-9H2,1-4H3,(H2,14,18). The van der Waals surface area contributed by atoms with Gasteiger partial charge in [0, 0.05) is 32.7 Å². The molecule has 104 valence electrons. The summed E-state index contributed by atoms with van der Waals surface area (Å²) in [5, 5.41) is 0. The van der Waals surface area contributed by atoms with Crippen LogP contribution < -0.4 is 5.73 Å². The lowest BCUT2D eigenvalue weighted by atomic mass is 9.91. The fourth-order valence-electron chi connectivity index (χ4n) is 2.15. The topological polar surface area (TPSA) is 49.6 Å². The summed E-state index contributed by atoms with van der Waals surface area (Å²) in [6, 6.07) is 0. The number of amides is 1. The van der Waals surface area contributed by atoms with Gasteiger partial charge in [-0.05, 0) is 19.8 Å². The highest BCUT2D eigenvalue weighted by Crippen LogP contribution is 2.20. The van der Waals surface area contributed by atoms with Gasteiger partial charge in [-0.25, -0.2) is 0 Å². The molecule has 0 unspecified atom stereocenters. The zero-order valence-corrected chi connectivity index (χ0v) is 12.7. The van der Waals surface area contributed by atoms with Gasteiger partial charge in [0.05, 0.1) is 10.4 Å². The Balaban J connectivity index is 2.53. The highest BCUT2D eigenvalue weighted by Gasteiger charge is 2.35. The monoisotopic (exact) mass is 271 g/mol. The molecular weight excluding hydrogens is 246 g/mol. The van der Waals surface area contributed by atoms with Gasteiger partial charge in [0.1, 0.15) is 0 Å². The van der Waals surface area contributed by atoms with E-state index in [1.165, 1.54) is 0 Å². The summed E-state index contributed by atoms with van der Waals surface area (Å²) in [6.45, 7) is 12.6. The van der Waals surface area contributed by atoms with Crippen LogP contribution in [0.25, 0.3) is 0 Å². The average molecular weight is 271 g/mol. The van der Waals surface area contributed by atoms with Crippen molar-refractivity contribution in [3.8, 4) is 0 Å². The predicted molar refractivity (Wildman–Crippen MR) is 78.4 cm³/mol. The molecule has 0 aliphatic carbocycles. The van der Waals surface area contributed by atoms with Gasteiger partial charge in [-0.15, -0.1) is 0 Å². The summed E-state index contributed by atoms with van der Waals surface area (Å²) >= 11 is 4.98. The molecule has 1 amide bonds. The first-order chi connectivity index (χ1) is 8.25. The van der Waals surface area contributed by atoms with Crippen molar-refractivity contribution in [2.24, 2.45) is 17.1 Å². The second-order valence-electron chi connectivity index (χ2n) is 5.98. The third kappa shape index (κ3) is 3.65. The van der Waals surface area contributed by atoms with Gasteiger partial charge in [-0.2, -0.15) is 0 Å². The maximum absolute atomic E-state index is 12.3. The Bertz CT molecular complexity index is 320. The molecule has 1 heterocycles. The molecule has 1 saturated heterocycles. The van der Waals surface area contributed by atoms with E-state index < -0.39 is 5.41 Å². The van der Waals surface area contributed by atoms with Crippen molar-refractivity contribution >= 4 is 23.1 Å². The Morgan fingerprint density at radius 2 is 1.78 bits per heavy atom. The molecule has 18 heavy (non-hydrogen) atoms. The molecule has 1 fully saturated rings. The maximum Gasteiger partial charge on any atom is 0.235 e. The van der Waals surface area contributed by atoms with Gasteiger partial charge < -0.3 is 10.6 Å². The lowest BCUT2D eigenvalue weighted by Crippen LogP contribution is -2.54. The number of hydrogen-bond acceptors (Lipinski definition) is 3.